The summed E-state index contributed by atoms with van der Waals surface area (Å²) in [6, 6.07) is 14.0. The Morgan fingerprint density at radius 3 is 2.48 bits per heavy atom. The monoisotopic (exact) mass is 461 g/mol. The molecule has 3 heterocycles. The highest BCUT2D eigenvalue weighted by molar-refractivity contribution is 7.14. The third-order valence-corrected chi connectivity index (χ3v) is 5.22. The van der Waals surface area contributed by atoms with Crippen LogP contribution in [0.1, 0.15) is 47.3 Å². The second-order valence-electron chi connectivity index (χ2n) is 8.34. The molecule has 0 fully saturated rings. The van der Waals surface area contributed by atoms with Gasteiger partial charge in [0, 0.05) is 11.6 Å². The van der Waals surface area contributed by atoms with Gasteiger partial charge in [-0.3, -0.25) is 15.1 Å². The smallest absolute Gasteiger partial charge is 0.338 e. The van der Waals surface area contributed by atoms with E-state index in [0.29, 0.717) is 33.5 Å². The first-order chi connectivity index (χ1) is 15.7. The molecule has 0 aliphatic rings. The van der Waals surface area contributed by atoms with Gasteiger partial charge in [0.15, 0.2) is 5.13 Å². The standard InChI is InChI=1S/C24H23N5O3S/c1-15-13-20(21(30)27-23-26-19(14-33-23)18-7-5-6-12-25-18)29(28-15)17-10-8-16(9-11-17)22(31)32-24(2,3)4/h5-14H,1-4H3,(H,26,27,30). The lowest BCUT2D eigenvalue weighted by molar-refractivity contribution is 0.00694. The summed E-state index contributed by atoms with van der Waals surface area (Å²) in [7, 11) is 0. The van der Waals surface area contributed by atoms with Gasteiger partial charge in [0.2, 0.25) is 0 Å². The maximum Gasteiger partial charge on any atom is 0.338 e. The highest BCUT2D eigenvalue weighted by Gasteiger charge is 2.20. The molecule has 0 spiro atoms. The number of aromatic nitrogens is 4. The fourth-order valence-corrected chi connectivity index (χ4v) is 3.76. The first-order valence-electron chi connectivity index (χ1n) is 10.3. The molecule has 1 amide bonds. The van der Waals surface area contributed by atoms with Crippen LogP contribution in [0.15, 0.2) is 60.1 Å². The van der Waals surface area contributed by atoms with Crippen molar-refractivity contribution < 1.29 is 14.3 Å². The van der Waals surface area contributed by atoms with Crippen molar-refractivity contribution in [2.75, 3.05) is 5.32 Å². The lowest BCUT2D eigenvalue weighted by atomic mass is 10.1. The summed E-state index contributed by atoms with van der Waals surface area (Å²) in [6.07, 6.45) is 1.70. The zero-order valence-electron chi connectivity index (χ0n) is 18.7. The Hall–Kier alpha value is -3.85. The molecule has 9 heteroatoms. The lowest BCUT2D eigenvalue weighted by Crippen LogP contribution is -2.23. The minimum Gasteiger partial charge on any atom is -0.456 e. The summed E-state index contributed by atoms with van der Waals surface area (Å²) in [6.45, 7) is 7.26. The molecular weight excluding hydrogens is 438 g/mol. The summed E-state index contributed by atoms with van der Waals surface area (Å²) < 4.78 is 6.94. The predicted octanol–water partition coefficient (Wildman–Crippen LogP) is 4.91. The van der Waals surface area contributed by atoms with Crippen LogP contribution in [0.4, 0.5) is 5.13 Å². The molecule has 4 rings (SSSR count). The third-order valence-electron chi connectivity index (χ3n) is 4.46. The van der Waals surface area contributed by atoms with E-state index >= 15 is 0 Å². The van der Waals surface area contributed by atoms with Crippen LogP contribution in [0, 0.1) is 6.92 Å². The van der Waals surface area contributed by atoms with E-state index in [9.17, 15) is 9.59 Å². The van der Waals surface area contributed by atoms with E-state index in [1.54, 1.807) is 36.5 Å². The van der Waals surface area contributed by atoms with Gasteiger partial charge >= 0.3 is 5.97 Å². The average molecular weight is 462 g/mol. The first-order valence-corrected chi connectivity index (χ1v) is 11.2. The Morgan fingerprint density at radius 1 is 1.06 bits per heavy atom. The summed E-state index contributed by atoms with van der Waals surface area (Å²) in [4.78, 5) is 34.0. The fourth-order valence-electron chi connectivity index (χ4n) is 3.06. The molecule has 0 aliphatic carbocycles. The number of ether oxygens (including phenoxy) is 1. The Morgan fingerprint density at radius 2 is 1.82 bits per heavy atom. The molecule has 0 atom stereocenters. The van der Waals surface area contributed by atoms with Crippen molar-refractivity contribution in [2.45, 2.75) is 33.3 Å². The van der Waals surface area contributed by atoms with Gasteiger partial charge in [0.25, 0.3) is 5.91 Å². The zero-order chi connectivity index (χ0) is 23.6. The minimum atomic E-state index is -0.577. The molecule has 3 aromatic heterocycles. The van der Waals surface area contributed by atoms with Crippen LogP contribution in [0.5, 0.6) is 0 Å². The van der Waals surface area contributed by atoms with Crippen molar-refractivity contribution in [3.63, 3.8) is 0 Å². The molecule has 0 saturated carbocycles. The number of esters is 1. The second kappa shape index (κ2) is 8.95. The van der Waals surface area contributed by atoms with Gasteiger partial charge in [0.1, 0.15) is 17.0 Å². The van der Waals surface area contributed by atoms with Gasteiger partial charge < -0.3 is 4.74 Å². The topological polar surface area (TPSA) is 99.0 Å². The molecule has 1 N–H and O–H groups in total. The fraction of sp³-hybridized carbons (Fsp3) is 0.208. The first kappa shape index (κ1) is 22.3. The van der Waals surface area contributed by atoms with E-state index in [1.807, 2.05) is 51.3 Å². The van der Waals surface area contributed by atoms with Gasteiger partial charge in [-0.2, -0.15) is 5.10 Å². The third kappa shape index (κ3) is 5.32. The molecule has 8 nitrogen and oxygen atoms in total. The molecule has 0 unspecified atom stereocenters. The van der Waals surface area contributed by atoms with Gasteiger partial charge in [-0.05, 0) is 70.2 Å². The molecule has 4 aromatic rings. The van der Waals surface area contributed by atoms with Crippen molar-refractivity contribution >= 4 is 28.3 Å². The largest absolute Gasteiger partial charge is 0.456 e. The van der Waals surface area contributed by atoms with Gasteiger partial charge in [-0.1, -0.05) is 6.07 Å². The summed E-state index contributed by atoms with van der Waals surface area (Å²) in [5, 5.41) is 9.58. The van der Waals surface area contributed by atoms with Crippen LogP contribution in [-0.2, 0) is 4.74 Å². The number of nitrogens with zero attached hydrogens (tertiary/aromatic N) is 4. The summed E-state index contributed by atoms with van der Waals surface area (Å²) in [5.74, 6) is -0.745. The zero-order valence-corrected chi connectivity index (χ0v) is 19.5. The van der Waals surface area contributed by atoms with E-state index in [-0.39, 0.29) is 5.91 Å². The van der Waals surface area contributed by atoms with Crippen LogP contribution in [0.3, 0.4) is 0 Å². The van der Waals surface area contributed by atoms with Crippen LogP contribution in [0.2, 0.25) is 0 Å². The van der Waals surface area contributed by atoms with Crippen LogP contribution >= 0.6 is 11.3 Å². The molecule has 0 aliphatic heterocycles. The highest BCUT2D eigenvalue weighted by atomic mass is 32.1. The molecule has 0 saturated heterocycles. The molecule has 168 valence electrons. The van der Waals surface area contributed by atoms with Crippen LogP contribution in [0.25, 0.3) is 17.1 Å². The molecular formula is C24H23N5O3S. The predicted molar refractivity (Wildman–Crippen MR) is 127 cm³/mol. The number of hydrogen-bond acceptors (Lipinski definition) is 7. The summed E-state index contributed by atoms with van der Waals surface area (Å²) >= 11 is 1.32. The number of carbonyl (C=O) groups is 2. The highest BCUT2D eigenvalue weighted by Crippen LogP contribution is 2.24. The Balaban J connectivity index is 1.53. The maximum atomic E-state index is 13.0. The normalized spacial score (nSPS) is 11.3. The van der Waals surface area contributed by atoms with E-state index < -0.39 is 11.6 Å². The summed E-state index contributed by atoms with van der Waals surface area (Å²) in [5.41, 5.74) is 2.96. The van der Waals surface area contributed by atoms with Crippen molar-refractivity contribution in [2.24, 2.45) is 0 Å². The molecule has 0 radical (unpaired) electrons. The Kier molecular flexibility index (Phi) is 6.06. The maximum absolute atomic E-state index is 13.0. The number of nitrogens with one attached hydrogen (secondary N) is 1. The van der Waals surface area contributed by atoms with Crippen molar-refractivity contribution in [1.29, 1.82) is 0 Å². The minimum absolute atomic E-state index is 0.339. The molecule has 33 heavy (non-hydrogen) atoms. The van der Waals surface area contributed by atoms with Gasteiger partial charge in [-0.25, -0.2) is 14.5 Å². The number of hydrogen-bond donors (Lipinski definition) is 1. The number of benzene rings is 1. The van der Waals surface area contributed by atoms with Crippen LogP contribution < -0.4 is 5.32 Å². The number of aryl methyl sites for hydroxylation is 1. The Bertz CT molecular complexity index is 1290. The van der Waals surface area contributed by atoms with E-state index in [2.05, 4.69) is 20.4 Å². The molecule has 0 bridgehead atoms. The van der Waals surface area contributed by atoms with Gasteiger partial charge in [0.05, 0.1) is 22.6 Å². The number of anilines is 1. The van der Waals surface area contributed by atoms with Gasteiger partial charge in [-0.15, -0.1) is 11.3 Å². The lowest BCUT2D eigenvalue weighted by Gasteiger charge is -2.19. The Labute approximate surface area is 195 Å². The number of carbonyl (C=O) groups excluding carboxylic acids is 2. The second-order valence-corrected chi connectivity index (χ2v) is 9.20. The SMILES string of the molecule is Cc1cc(C(=O)Nc2nc(-c3ccccn3)cs2)n(-c2ccc(C(=O)OC(C)(C)C)cc2)n1. The van der Waals surface area contributed by atoms with Crippen molar-refractivity contribution in [3.05, 3.63) is 77.1 Å². The van der Waals surface area contributed by atoms with Crippen molar-refractivity contribution in [3.8, 4) is 17.1 Å². The number of amides is 1. The number of rotatable bonds is 5. The number of thiazole rings is 1. The van der Waals surface area contributed by atoms with Crippen LogP contribution in [-0.4, -0.2) is 37.2 Å². The van der Waals surface area contributed by atoms with Crippen molar-refractivity contribution in [1.82, 2.24) is 19.7 Å². The number of pyridine rings is 1. The van der Waals surface area contributed by atoms with E-state index in [1.165, 1.54) is 16.0 Å². The quantitative estimate of drug-likeness (QED) is 0.424. The van der Waals surface area contributed by atoms with E-state index in [0.717, 1.165) is 5.69 Å². The average Bonchev–Trinajstić information content (AvgIpc) is 3.40. The molecule has 1 aromatic carbocycles. The van der Waals surface area contributed by atoms with E-state index in [4.69, 9.17) is 4.74 Å².